The van der Waals surface area contributed by atoms with Crippen LogP contribution in [-0.2, 0) is 6.54 Å². The summed E-state index contributed by atoms with van der Waals surface area (Å²) < 4.78 is 1.80. The van der Waals surface area contributed by atoms with Crippen molar-refractivity contribution >= 4 is 18.3 Å². The van der Waals surface area contributed by atoms with Crippen LogP contribution in [0.5, 0.6) is 0 Å². The number of aliphatic hydroxyl groups is 1. The maximum Gasteiger partial charge on any atom is 0.255 e. The van der Waals surface area contributed by atoms with Gasteiger partial charge in [-0.1, -0.05) is 60.7 Å². The molecule has 6 nitrogen and oxygen atoms in total. The summed E-state index contributed by atoms with van der Waals surface area (Å²) in [6.07, 6.45) is 1.38. The second-order valence-corrected chi connectivity index (χ2v) is 7.14. The number of halogens is 1. The Labute approximate surface area is 176 Å². The van der Waals surface area contributed by atoms with Crippen LogP contribution in [0.1, 0.15) is 15.9 Å². The van der Waals surface area contributed by atoms with Crippen molar-refractivity contribution in [3.05, 3.63) is 78.0 Å². The van der Waals surface area contributed by atoms with Crippen molar-refractivity contribution in [1.29, 1.82) is 0 Å². The van der Waals surface area contributed by atoms with Gasteiger partial charge in [0.05, 0.1) is 18.2 Å². The van der Waals surface area contributed by atoms with E-state index in [1.807, 2.05) is 60.7 Å². The predicted molar refractivity (Wildman–Crippen MR) is 115 cm³/mol. The number of nitrogens with one attached hydrogen (secondary N) is 2. The van der Waals surface area contributed by atoms with E-state index in [-0.39, 0.29) is 24.2 Å². The van der Waals surface area contributed by atoms with Crippen LogP contribution < -0.4 is 10.6 Å². The smallest absolute Gasteiger partial charge is 0.255 e. The van der Waals surface area contributed by atoms with E-state index < -0.39 is 6.10 Å². The summed E-state index contributed by atoms with van der Waals surface area (Å²) in [5, 5.41) is 20.7. The molecular weight excluding hydrogens is 388 g/mol. The number of hydrogen-bond acceptors (Lipinski definition) is 4. The first kappa shape index (κ1) is 21.0. The van der Waals surface area contributed by atoms with E-state index in [2.05, 4.69) is 15.7 Å². The Kier molecular flexibility index (Phi) is 7.04. The van der Waals surface area contributed by atoms with E-state index in [1.54, 1.807) is 10.9 Å². The lowest BCUT2D eigenvalue weighted by atomic mass is 10.1. The highest BCUT2D eigenvalue weighted by Gasteiger charge is 2.26. The van der Waals surface area contributed by atoms with Crippen LogP contribution in [0.15, 0.2) is 66.9 Å². The van der Waals surface area contributed by atoms with Gasteiger partial charge in [0, 0.05) is 37.3 Å². The topological polar surface area (TPSA) is 79.2 Å². The number of hydrogen-bond donors (Lipinski definition) is 3. The fourth-order valence-corrected chi connectivity index (χ4v) is 3.49. The zero-order chi connectivity index (χ0) is 19.3. The number of β-amino-alcohol motifs (C(OH)–C–C–N with tert-alkyl or cyclic N) is 1. The summed E-state index contributed by atoms with van der Waals surface area (Å²) in [5.41, 5.74) is 3.24. The van der Waals surface area contributed by atoms with Crippen molar-refractivity contribution in [2.24, 2.45) is 5.92 Å². The lowest BCUT2D eigenvalue weighted by Crippen LogP contribution is -2.34. The minimum Gasteiger partial charge on any atom is -0.391 e. The SMILES string of the molecule is Cl.O=C(NCC1CNCC1O)c1cn(Cc2ccccc2)nc1-c1ccccc1. The van der Waals surface area contributed by atoms with E-state index in [0.717, 1.165) is 11.1 Å². The molecule has 3 aromatic rings. The van der Waals surface area contributed by atoms with Crippen molar-refractivity contribution in [1.82, 2.24) is 20.4 Å². The van der Waals surface area contributed by atoms with Gasteiger partial charge >= 0.3 is 0 Å². The van der Waals surface area contributed by atoms with Crippen molar-refractivity contribution in [2.45, 2.75) is 12.6 Å². The molecule has 1 amide bonds. The van der Waals surface area contributed by atoms with Gasteiger partial charge in [-0.2, -0.15) is 5.10 Å². The Hall–Kier alpha value is -2.67. The summed E-state index contributed by atoms with van der Waals surface area (Å²) in [6.45, 7) is 2.31. The zero-order valence-corrected chi connectivity index (χ0v) is 16.8. The number of aromatic nitrogens is 2. The van der Waals surface area contributed by atoms with E-state index >= 15 is 0 Å². The van der Waals surface area contributed by atoms with Gasteiger partial charge in [-0.25, -0.2) is 0 Å². The van der Waals surface area contributed by atoms with Crippen molar-refractivity contribution in [2.75, 3.05) is 19.6 Å². The van der Waals surface area contributed by atoms with Crippen LogP contribution in [0.2, 0.25) is 0 Å². The Morgan fingerprint density at radius 1 is 1.10 bits per heavy atom. The Morgan fingerprint density at radius 3 is 2.45 bits per heavy atom. The predicted octanol–water partition coefficient (Wildman–Crippen LogP) is 2.33. The van der Waals surface area contributed by atoms with E-state index in [1.165, 1.54) is 0 Å². The third-order valence-electron chi connectivity index (χ3n) is 5.07. The largest absolute Gasteiger partial charge is 0.391 e. The van der Waals surface area contributed by atoms with Crippen molar-refractivity contribution in [3.63, 3.8) is 0 Å². The molecule has 1 aromatic heterocycles. The van der Waals surface area contributed by atoms with E-state index in [0.29, 0.717) is 37.4 Å². The molecule has 0 radical (unpaired) electrons. The number of amides is 1. The maximum atomic E-state index is 12.9. The van der Waals surface area contributed by atoms with Gasteiger partial charge in [-0.3, -0.25) is 9.48 Å². The molecule has 1 aliphatic heterocycles. The van der Waals surface area contributed by atoms with Gasteiger partial charge in [-0.05, 0) is 5.56 Å². The van der Waals surface area contributed by atoms with Crippen molar-refractivity contribution < 1.29 is 9.90 Å². The second-order valence-electron chi connectivity index (χ2n) is 7.14. The molecule has 7 heteroatoms. The summed E-state index contributed by atoms with van der Waals surface area (Å²) in [6, 6.07) is 19.8. The molecule has 4 rings (SSSR count). The van der Waals surface area contributed by atoms with Gasteiger partial charge in [0.15, 0.2) is 0 Å². The minimum atomic E-state index is -0.422. The Bertz CT molecular complexity index is 931. The van der Waals surface area contributed by atoms with Crippen LogP contribution in [0.3, 0.4) is 0 Å². The third kappa shape index (κ3) is 5.03. The molecule has 1 fully saturated rings. The van der Waals surface area contributed by atoms with Gasteiger partial charge < -0.3 is 15.7 Å². The summed E-state index contributed by atoms with van der Waals surface area (Å²) in [5.74, 6) is -0.138. The molecule has 3 N–H and O–H groups in total. The normalized spacial score (nSPS) is 18.2. The van der Waals surface area contributed by atoms with Gasteiger partial charge in [-0.15, -0.1) is 12.4 Å². The van der Waals surface area contributed by atoms with Gasteiger partial charge in [0.25, 0.3) is 5.91 Å². The van der Waals surface area contributed by atoms with Gasteiger partial charge in [0.1, 0.15) is 5.69 Å². The standard InChI is InChI=1S/C22H24N4O2.ClH/c27-20-13-23-11-18(20)12-24-22(28)19-15-26(14-16-7-3-1-4-8-16)25-21(19)17-9-5-2-6-10-17;/h1-10,15,18,20,23,27H,11-14H2,(H,24,28);1H. The first-order valence-corrected chi connectivity index (χ1v) is 9.54. The average Bonchev–Trinajstić information content (AvgIpc) is 3.34. The second kappa shape index (κ2) is 9.69. The zero-order valence-electron chi connectivity index (χ0n) is 16.0. The van der Waals surface area contributed by atoms with Crippen LogP contribution in [0.25, 0.3) is 11.3 Å². The van der Waals surface area contributed by atoms with E-state index in [9.17, 15) is 9.90 Å². The molecule has 2 atom stereocenters. The summed E-state index contributed by atoms with van der Waals surface area (Å²) >= 11 is 0. The molecule has 29 heavy (non-hydrogen) atoms. The third-order valence-corrected chi connectivity index (χ3v) is 5.07. The highest BCUT2D eigenvalue weighted by molar-refractivity contribution is 5.99. The molecule has 0 saturated carbocycles. The first-order valence-electron chi connectivity index (χ1n) is 9.54. The minimum absolute atomic E-state index is 0. The number of aliphatic hydroxyl groups excluding tert-OH is 1. The molecule has 0 bridgehead atoms. The van der Waals surface area contributed by atoms with Crippen LogP contribution >= 0.6 is 12.4 Å². The number of rotatable bonds is 6. The van der Waals surface area contributed by atoms with Crippen LogP contribution in [-0.4, -0.2) is 46.5 Å². The fraction of sp³-hybridized carbons (Fsp3) is 0.273. The average molecular weight is 413 g/mol. The van der Waals surface area contributed by atoms with E-state index in [4.69, 9.17) is 0 Å². The van der Waals surface area contributed by atoms with Crippen molar-refractivity contribution in [3.8, 4) is 11.3 Å². The molecule has 2 aromatic carbocycles. The molecule has 0 aliphatic carbocycles. The molecule has 2 unspecified atom stereocenters. The maximum absolute atomic E-state index is 12.9. The molecule has 1 aliphatic rings. The summed E-state index contributed by atoms with van der Waals surface area (Å²) in [4.78, 5) is 12.9. The highest BCUT2D eigenvalue weighted by Crippen LogP contribution is 2.22. The first-order chi connectivity index (χ1) is 13.7. The monoisotopic (exact) mass is 412 g/mol. The summed E-state index contributed by atoms with van der Waals surface area (Å²) in [7, 11) is 0. The Balaban J connectivity index is 0.00000240. The molecule has 0 spiro atoms. The quantitative estimate of drug-likeness (QED) is 0.580. The van der Waals surface area contributed by atoms with Gasteiger partial charge in [0.2, 0.25) is 0 Å². The lowest BCUT2D eigenvalue weighted by Gasteiger charge is -2.14. The molecule has 152 valence electrons. The Morgan fingerprint density at radius 2 is 1.79 bits per heavy atom. The number of carbonyl (C=O) groups excluding carboxylic acids is 1. The van der Waals surface area contributed by atoms with Crippen LogP contribution in [0, 0.1) is 5.92 Å². The number of nitrogens with zero attached hydrogens (tertiary/aromatic N) is 2. The number of benzene rings is 2. The van der Waals surface area contributed by atoms with Crippen LogP contribution in [0.4, 0.5) is 0 Å². The highest BCUT2D eigenvalue weighted by atomic mass is 35.5. The number of carbonyl (C=O) groups is 1. The molecular formula is C22H25ClN4O2. The molecule has 2 heterocycles. The fourth-order valence-electron chi connectivity index (χ4n) is 3.49. The molecule has 1 saturated heterocycles. The lowest BCUT2D eigenvalue weighted by molar-refractivity contribution is 0.0927.